The molecular formula is C26H20Cl2N2O4. The molecule has 8 heteroatoms. The van der Waals surface area contributed by atoms with Crippen molar-refractivity contribution in [3.05, 3.63) is 100 Å². The van der Waals surface area contributed by atoms with Gasteiger partial charge in [0, 0.05) is 16.1 Å². The molecule has 34 heavy (non-hydrogen) atoms. The van der Waals surface area contributed by atoms with Gasteiger partial charge in [-0.1, -0.05) is 65.7 Å². The molecule has 0 spiro atoms. The standard InChI is InChI=1S/C26H20Cl2N2O4/c1-34-25(33)26(16-5-3-2-4-6-16)21-20(22(29-26)15-7-9-17(27)10-8-15)23(31)30(24(21)32)19-13-11-18(28)12-14-19/h2-14,20-22,29H,1H3/t20-,21-,22-,26-/m0/s1. The number of ether oxygens (including phenoxy) is 1. The van der Waals surface area contributed by atoms with E-state index in [1.165, 1.54) is 7.11 Å². The summed E-state index contributed by atoms with van der Waals surface area (Å²) in [7, 11) is 1.28. The fraction of sp³-hybridized carbons (Fsp3) is 0.192. The second-order valence-electron chi connectivity index (χ2n) is 8.33. The lowest BCUT2D eigenvalue weighted by atomic mass is 9.75. The van der Waals surface area contributed by atoms with Gasteiger partial charge in [0.2, 0.25) is 11.8 Å². The van der Waals surface area contributed by atoms with Crippen molar-refractivity contribution in [3.8, 4) is 0 Å². The van der Waals surface area contributed by atoms with E-state index in [0.717, 1.165) is 10.5 Å². The zero-order chi connectivity index (χ0) is 24.0. The summed E-state index contributed by atoms with van der Waals surface area (Å²) >= 11 is 12.1. The Morgan fingerprint density at radius 3 is 2.06 bits per heavy atom. The SMILES string of the molecule is COC(=O)[C@@]1(c2ccccc2)N[C@@H](c2ccc(Cl)cc2)[C@H]2C(=O)N(c3ccc(Cl)cc3)C(=O)[C@H]21. The van der Waals surface area contributed by atoms with E-state index in [-0.39, 0.29) is 0 Å². The van der Waals surface area contributed by atoms with Crippen LogP contribution >= 0.6 is 23.2 Å². The van der Waals surface area contributed by atoms with Crippen molar-refractivity contribution in [2.75, 3.05) is 12.0 Å². The molecular weight excluding hydrogens is 475 g/mol. The smallest absolute Gasteiger partial charge is 0.331 e. The number of carbonyl (C=O) groups is 3. The van der Waals surface area contributed by atoms with Gasteiger partial charge in [-0.2, -0.15) is 0 Å². The first-order valence-electron chi connectivity index (χ1n) is 10.7. The summed E-state index contributed by atoms with van der Waals surface area (Å²) < 4.78 is 5.22. The fourth-order valence-electron chi connectivity index (χ4n) is 5.14. The van der Waals surface area contributed by atoms with Gasteiger partial charge in [0.15, 0.2) is 5.54 Å². The number of hydrogen-bond acceptors (Lipinski definition) is 5. The maximum absolute atomic E-state index is 13.9. The molecule has 0 unspecified atom stereocenters. The van der Waals surface area contributed by atoms with Crippen molar-refractivity contribution in [2.45, 2.75) is 11.6 Å². The molecule has 2 amide bonds. The molecule has 3 aromatic carbocycles. The van der Waals surface area contributed by atoms with Crippen LogP contribution in [0.2, 0.25) is 10.0 Å². The topological polar surface area (TPSA) is 75.7 Å². The van der Waals surface area contributed by atoms with Crippen LogP contribution in [0.4, 0.5) is 5.69 Å². The van der Waals surface area contributed by atoms with Gasteiger partial charge in [-0.3, -0.25) is 14.9 Å². The number of anilines is 1. The third-order valence-corrected chi connectivity index (χ3v) is 7.11. The zero-order valence-electron chi connectivity index (χ0n) is 18.1. The molecule has 6 nitrogen and oxygen atoms in total. The van der Waals surface area contributed by atoms with Crippen molar-refractivity contribution in [1.82, 2.24) is 5.32 Å². The molecule has 2 heterocycles. The average molecular weight is 495 g/mol. The number of nitrogens with one attached hydrogen (secondary N) is 1. The number of halogens is 2. The molecule has 2 saturated heterocycles. The lowest BCUT2D eigenvalue weighted by Crippen LogP contribution is -2.53. The van der Waals surface area contributed by atoms with Gasteiger partial charge >= 0.3 is 5.97 Å². The maximum atomic E-state index is 13.9. The monoisotopic (exact) mass is 494 g/mol. The number of nitrogens with zero attached hydrogens (tertiary/aromatic N) is 1. The van der Waals surface area contributed by atoms with Crippen LogP contribution in [0.15, 0.2) is 78.9 Å². The first kappa shape index (κ1) is 22.6. The van der Waals surface area contributed by atoms with Crippen molar-refractivity contribution >= 4 is 46.7 Å². The summed E-state index contributed by atoms with van der Waals surface area (Å²) in [6.07, 6.45) is 0. The minimum absolute atomic E-state index is 0.397. The number of fused-ring (bicyclic) bond motifs is 1. The van der Waals surface area contributed by atoms with Gasteiger partial charge in [-0.25, -0.2) is 9.69 Å². The van der Waals surface area contributed by atoms with Crippen molar-refractivity contribution in [2.24, 2.45) is 11.8 Å². The lowest BCUT2D eigenvalue weighted by molar-refractivity contribution is -0.152. The zero-order valence-corrected chi connectivity index (χ0v) is 19.6. The van der Waals surface area contributed by atoms with Crippen LogP contribution in [0.1, 0.15) is 17.2 Å². The fourth-order valence-corrected chi connectivity index (χ4v) is 5.39. The third-order valence-electron chi connectivity index (χ3n) is 6.61. The highest BCUT2D eigenvalue weighted by Crippen LogP contribution is 2.54. The first-order chi connectivity index (χ1) is 16.4. The Kier molecular flexibility index (Phi) is 5.68. The van der Waals surface area contributed by atoms with Gasteiger partial charge in [0.25, 0.3) is 0 Å². The third kappa shape index (κ3) is 3.33. The summed E-state index contributed by atoms with van der Waals surface area (Å²) in [4.78, 5) is 42.3. The molecule has 2 fully saturated rings. The minimum Gasteiger partial charge on any atom is -0.467 e. The number of methoxy groups -OCH3 is 1. The Hall–Kier alpha value is -3.19. The predicted octanol–water partition coefficient (Wildman–Crippen LogP) is 4.51. The molecule has 0 saturated carbocycles. The molecule has 0 aliphatic carbocycles. The number of hydrogen-bond donors (Lipinski definition) is 1. The predicted molar refractivity (Wildman–Crippen MR) is 128 cm³/mol. The van der Waals surface area contributed by atoms with Crippen LogP contribution in [-0.2, 0) is 24.7 Å². The summed E-state index contributed by atoms with van der Waals surface area (Å²) in [5.41, 5.74) is 0.127. The van der Waals surface area contributed by atoms with Crippen molar-refractivity contribution < 1.29 is 19.1 Å². The molecule has 5 rings (SSSR count). The molecule has 4 atom stereocenters. The van der Waals surface area contributed by atoms with Crippen LogP contribution in [0.5, 0.6) is 0 Å². The van der Waals surface area contributed by atoms with E-state index < -0.39 is 41.2 Å². The highest BCUT2D eigenvalue weighted by Gasteiger charge is 2.69. The normalized spacial score (nSPS) is 26.0. The number of imide groups is 1. The second kappa shape index (κ2) is 8.55. The van der Waals surface area contributed by atoms with Gasteiger partial charge < -0.3 is 4.74 Å². The Labute approximate surface area is 206 Å². The highest BCUT2D eigenvalue weighted by atomic mass is 35.5. The van der Waals surface area contributed by atoms with Gasteiger partial charge in [0.05, 0.1) is 24.6 Å². The van der Waals surface area contributed by atoms with Crippen LogP contribution in [0.25, 0.3) is 0 Å². The van der Waals surface area contributed by atoms with E-state index in [1.807, 2.05) is 6.07 Å². The summed E-state index contributed by atoms with van der Waals surface area (Å²) in [5.74, 6) is -3.37. The summed E-state index contributed by atoms with van der Waals surface area (Å²) in [6.45, 7) is 0. The number of carbonyl (C=O) groups excluding carboxylic acids is 3. The number of amides is 2. The summed E-state index contributed by atoms with van der Waals surface area (Å²) in [5, 5.41) is 4.37. The molecule has 172 valence electrons. The van der Waals surface area contributed by atoms with E-state index in [0.29, 0.717) is 21.3 Å². The molecule has 0 aromatic heterocycles. The highest BCUT2D eigenvalue weighted by molar-refractivity contribution is 6.31. The quantitative estimate of drug-likeness (QED) is 0.426. The number of esters is 1. The molecule has 2 aliphatic heterocycles. The van der Waals surface area contributed by atoms with E-state index >= 15 is 0 Å². The average Bonchev–Trinajstić information content (AvgIpc) is 3.35. The van der Waals surface area contributed by atoms with Crippen LogP contribution in [0, 0.1) is 11.8 Å². The first-order valence-corrected chi connectivity index (χ1v) is 11.4. The van der Waals surface area contributed by atoms with Crippen LogP contribution < -0.4 is 10.2 Å². The Balaban J connectivity index is 1.72. The summed E-state index contributed by atoms with van der Waals surface area (Å²) in [6, 6.07) is 21.7. The van der Waals surface area contributed by atoms with Crippen LogP contribution in [0.3, 0.4) is 0 Å². The van der Waals surface area contributed by atoms with E-state index in [9.17, 15) is 14.4 Å². The molecule has 1 N–H and O–H groups in total. The Morgan fingerprint density at radius 1 is 0.882 bits per heavy atom. The maximum Gasteiger partial charge on any atom is 0.331 e. The van der Waals surface area contributed by atoms with Crippen molar-refractivity contribution in [1.29, 1.82) is 0 Å². The Morgan fingerprint density at radius 2 is 1.47 bits per heavy atom. The largest absolute Gasteiger partial charge is 0.467 e. The lowest BCUT2D eigenvalue weighted by Gasteiger charge is -2.33. The number of benzene rings is 3. The number of rotatable bonds is 4. The van der Waals surface area contributed by atoms with E-state index in [4.69, 9.17) is 27.9 Å². The molecule has 0 bridgehead atoms. The molecule has 3 aromatic rings. The van der Waals surface area contributed by atoms with Gasteiger partial charge in [0.1, 0.15) is 0 Å². The Bertz CT molecular complexity index is 1260. The van der Waals surface area contributed by atoms with Crippen molar-refractivity contribution in [3.63, 3.8) is 0 Å². The second-order valence-corrected chi connectivity index (χ2v) is 9.20. The molecule has 2 aliphatic rings. The van der Waals surface area contributed by atoms with E-state index in [2.05, 4.69) is 5.32 Å². The van der Waals surface area contributed by atoms with Gasteiger partial charge in [-0.15, -0.1) is 0 Å². The van der Waals surface area contributed by atoms with E-state index in [1.54, 1.807) is 72.8 Å². The molecule has 0 radical (unpaired) electrons. The minimum atomic E-state index is -1.56. The van der Waals surface area contributed by atoms with Gasteiger partial charge in [-0.05, 0) is 47.5 Å². The van der Waals surface area contributed by atoms with Crippen LogP contribution in [-0.4, -0.2) is 24.9 Å².